The van der Waals surface area contributed by atoms with Crippen molar-refractivity contribution in [1.29, 1.82) is 0 Å². The zero-order chi connectivity index (χ0) is 59.9. The van der Waals surface area contributed by atoms with Gasteiger partial charge in [-0.05, 0) is 135 Å². The van der Waals surface area contributed by atoms with E-state index in [2.05, 4.69) is 142 Å². The summed E-state index contributed by atoms with van der Waals surface area (Å²) < 4.78 is 16.9. The van der Waals surface area contributed by atoms with Crippen molar-refractivity contribution >= 4 is 17.9 Å². The van der Waals surface area contributed by atoms with Crippen LogP contribution < -0.4 is 0 Å². The molecule has 0 rings (SSSR count). The van der Waals surface area contributed by atoms with Crippen LogP contribution in [-0.4, -0.2) is 37.2 Å². The molecule has 6 heteroatoms. The van der Waals surface area contributed by atoms with E-state index in [-0.39, 0.29) is 31.1 Å². The molecule has 1 unspecified atom stereocenters. The molecule has 0 aliphatic heterocycles. The number of rotatable bonds is 63. The van der Waals surface area contributed by atoms with E-state index in [9.17, 15) is 14.4 Å². The van der Waals surface area contributed by atoms with E-state index in [0.29, 0.717) is 19.3 Å². The number of carbonyl (C=O) groups is 3. The minimum atomic E-state index is -0.790. The summed E-state index contributed by atoms with van der Waals surface area (Å²) >= 11 is 0. The van der Waals surface area contributed by atoms with Crippen molar-refractivity contribution in [1.82, 2.24) is 0 Å². The molecule has 0 saturated heterocycles. The van der Waals surface area contributed by atoms with Crippen LogP contribution in [0.3, 0.4) is 0 Å². The summed E-state index contributed by atoms with van der Waals surface area (Å²) in [5, 5.41) is 0. The average Bonchev–Trinajstić information content (AvgIpc) is 3.49. The van der Waals surface area contributed by atoms with Gasteiger partial charge in [-0.3, -0.25) is 14.4 Å². The fourth-order valence-corrected chi connectivity index (χ4v) is 9.68. The van der Waals surface area contributed by atoms with Gasteiger partial charge in [-0.25, -0.2) is 0 Å². The fraction of sp³-hybridized carbons (Fsp3) is 0.701. The molecule has 0 spiro atoms. The van der Waals surface area contributed by atoms with Crippen LogP contribution in [0, 0.1) is 0 Å². The molecule has 0 saturated carbocycles. The Labute approximate surface area is 513 Å². The Morgan fingerprint density at radius 2 is 0.470 bits per heavy atom. The smallest absolute Gasteiger partial charge is 0.306 e. The molecule has 6 nitrogen and oxygen atoms in total. The minimum Gasteiger partial charge on any atom is -0.462 e. The summed E-state index contributed by atoms with van der Waals surface area (Å²) in [6.07, 6.45) is 97.9. The average molecular weight is 1150 g/mol. The van der Waals surface area contributed by atoms with Crippen LogP contribution in [0.4, 0.5) is 0 Å². The lowest BCUT2D eigenvalue weighted by molar-refractivity contribution is -0.167. The van der Waals surface area contributed by atoms with Crippen molar-refractivity contribution < 1.29 is 28.6 Å². The number of allylic oxidation sites excluding steroid dienone is 20. The number of carbonyl (C=O) groups excluding carboxylic acids is 3. The van der Waals surface area contributed by atoms with Crippen LogP contribution >= 0.6 is 0 Å². The normalized spacial score (nSPS) is 12.9. The molecule has 0 heterocycles. The first-order chi connectivity index (χ1) is 41.0. The van der Waals surface area contributed by atoms with E-state index < -0.39 is 6.10 Å². The predicted octanol–water partition coefficient (Wildman–Crippen LogP) is 24.3. The highest BCUT2D eigenvalue weighted by molar-refractivity contribution is 5.71. The summed E-state index contributed by atoms with van der Waals surface area (Å²) in [6.45, 7) is 6.52. The molecule has 0 aromatic carbocycles. The van der Waals surface area contributed by atoms with Crippen molar-refractivity contribution in [3.63, 3.8) is 0 Å². The van der Waals surface area contributed by atoms with Gasteiger partial charge in [-0.2, -0.15) is 0 Å². The standard InChI is InChI=1S/C77H130O6/c1-4-7-10-13-16-19-22-25-28-30-31-32-33-34-35-36-37-38-39-40-41-42-43-44-45-46-47-48-50-52-55-58-61-64-67-70-76(79)82-73-74(72-81-75(78)69-66-63-60-57-54-51-27-24-21-18-15-12-9-6-3)83-77(80)71-68-65-62-59-56-53-49-29-26-23-20-17-14-11-8-5-2/h7,10,16,19,24-25,27-29,31-32,34-35,37-38,40-41,43-44,49,74H,4-6,8-9,11-15,17-18,20-23,26,30,33,36,39,42,45-48,50-73H2,1-3H3/b10-7-,19-16-,27-24-,28-25-,32-31-,35-34-,38-37-,41-40-,44-43-,49-29-. The number of esters is 3. The van der Waals surface area contributed by atoms with Crippen molar-refractivity contribution in [3.05, 3.63) is 122 Å². The van der Waals surface area contributed by atoms with E-state index in [1.165, 1.54) is 161 Å². The second kappa shape index (κ2) is 70.3. The topological polar surface area (TPSA) is 78.9 Å². The summed E-state index contributed by atoms with van der Waals surface area (Å²) in [5.74, 6) is -0.897. The van der Waals surface area contributed by atoms with Crippen molar-refractivity contribution in [3.8, 4) is 0 Å². The van der Waals surface area contributed by atoms with Crippen molar-refractivity contribution in [2.45, 2.75) is 335 Å². The second-order valence-corrected chi connectivity index (χ2v) is 23.1. The van der Waals surface area contributed by atoms with E-state index in [4.69, 9.17) is 14.2 Å². The zero-order valence-electron chi connectivity index (χ0n) is 54.4. The van der Waals surface area contributed by atoms with Crippen LogP contribution in [0.15, 0.2) is 122 Å². The molecule has 0 amide bonds. The number of hydrogen-bond acceptors (Lipinski definition) is 6. The molecule has 0 aromatic heterocycles. The summed E-state index contributed by atoms with van der Waals surface area (Å²) in [4.78, 5) is 38.4. The van der Waals surface area contributed by atoms with Gasteiger partial charge in [0.25, 0.3) is 0 Å². The van der Waals surface area contributed by atoms with Crippen molar-refractivity contribution in [2.24, 2.45) is 0 Å². The largest absolute Gasteiger partial charge is 0.462 e. The van der Waals surface area contributed by atoms with Crippen LogP contribution in [0.5, 0.6) is 0 Å². The van der Waals surface area contributed by atoms with Gasteiger partial charge in [-0.1, -0.05) is 296 Å². The van der Waals surface area contributed by atoms with E-state index in [0.717, 1.165) is 128 Å². The highest BCUT2D eigenvalue weighted by Gasteiger charge is 2.19. The van der Waals surface area contributed by atoms with Gasteiger partial charge in [0.05, 0.1) is 0 Å². The van der Waals surface area contributed by atoms with Gasteiger partial charge >= 0.3 is 17.9 Å². The fourth-order valence-electron chi connectivity index (χ4n) is 9.68. The summed E-state index contributed by atoms with van der Waals surface area (Å²) in [7, 11) is 0. The Hall–Kier alpha value is -4.19. The van der Waals surface area contributed by atoms with Crippen LogP contribution in [0.25, 0.3) is 0 Å². The van der Waals surface area contributed by atoms with Gasteiger partial charge in [-0.15, -0.1) is 0 Å². The van der Waals surface area contributed by atoms with E-state index in [1.807, 2.05) is 0 Å². The Kier molecular flexibility index (Phi) is 66.7. The molecule has 0 radical (unpaired) electrons. The number of hydrogen-bond donors (Lipinski definition) is 0. The molecule has 0 aliphatic carbocycles. The van der Waals surface area contributed by atoms with Gasteiger partial charge in [0, 0.05) is 19.3 Å². The second-order valence-electron chi connectivity index (χ2n) is 23.1. The van der Waals surface area contributed by atoms with E-state index in [1.54, 1.807) is 0 Å². The Balaban J connectivity index is 4.25. The Morgan fingerprint density at radius 1 is 0.253 bits per heavy atom. The molecule has 1 atom stereocenters. The SMILES string of the molecule is CC/C=C\C/C=C\C/C=C\C/C=C\C/C=C\C/C=C\C/C=C\C/C=C\CCCCCCCCCCCCC(=O)OCC(COC(=O)CCCCCCC/C=C\CCCCCCC)OC(=O)CCCCCCC/C=C\CCCCCCCCC. The van der Waals surface area contributed by atoms with Crippen molar-refractivity contribution in [2.75, 3.05) is 13.2 Å². The van der Waals surface area contributed by atoms with E-state index >= 15 is 0 Å². The lowest BCUT2D eigenvalue weighted by atomic mass is 10.1. The predicted molar refractivity (Wildman–Crippen MR) is 362 cm³/mol. The molecule has 0 aliphatic rings. The molecule has 474 valence electrons. The molecular formula is C77H130O6. The van der Waals surface area contributed by atoms with Crippen LogP contribution in [-0.2, 0) is 28.6 Å². The molecule has 0 aromatic rings. The highest BCUT2D eigenvalue weighted by Crippen LogP contribution is 2.16. The monoisotopic (exact) mass is 1150 g/mol. The maximum absolute atomic E-state index is 12.9. The lowest BCUT2D eigenvalue weighted by Gasteiger charge is -2.18. The maximum atomic E-state index is 12.9. The maximum Gasteiger partial charge on any atom is 0.306 e. The van der Waals surface area contributed by atoms with Crippen LogP contribution in [0.1, 0.15) is 329 Å². The van der Waals surface area contributed by atoms with Gasteiger partial charge in [0.15, 0.2) is 6.10 Å². The lowest BCUT2D eigenvalue weighted by Crippen LogP contribution is -2.30. The summed E-state index contributed by atoms with van der Waals surface area (Å²) in [5.41, 5.74) is 0. The third kappa shape index (κ3) is 68.5. The Morgan fingerprint density at radius 3 is 0.747 bits per heavy atom. The number of unbranched alkanes of at least 4 members (excludes halogenated alkanes) is 32. The third-order valence-corrected chi connectivity index (χ3v) is 14.9. The van der Waals surface area contributed by atoms with Gasteiger partial charge < -0.3 is 14.2 Å². The first-order valence-corrected chi connectivity index (χ1v) is 35.0. The molecular weight excluding hydrogens is 1020 g/mol. The first kappa shape index (κ1) is 78.8. The number of ether oxygens (including phenoxy) is 3. The molecule has 83 heavy (non-hydrogen) atoms. The minimum absolute atomic E-state index is 0.0857. The third-order valence-electron chi connectivity index (χ3n) is 14.9. The molecule has 0 N–H and O–H groups in total. The van der Waals surface area contributed by atoms with Crippen LogP contribution in [0.2, 0.25) is 0 Å². The van der Waals surface area contributed by atoms with Gasteiger partial charge in [0.1, 0.15) is 13.2 Å². The zero-order valence-corrected chi connectivity index (χ0v) is 54.4. The first-order valence-electron chi connectivity index (χ1n) is 35.0. The Bertz CT molecular complexity index is 1700. The molecule has 0 fully saturated rings. The highest BCUT2D eigenvalue weighted by atomic mass is 16.6. The van der Waals surface area contributed by atoms with Gasteiger partial charge in [0.2, 0.25) is 0 Å². The molecule has 0 bridgehead atoms. The quantitative estimate of drug-likeness (QED) is 0.0261. The summed E-state index contributed by atoms with van der Waals surface area (Å²) in [6, 6.07) is 0.